The number of hydrogen-bond donors (Lipinski definition) is 1. The van der Waals surface area contributed by atoms with Gasteiger partial charge in [0.25, 0.3) is 0 Å². The van der Waals surface area contributed by atoms with Crippen molar-refractivity contribution in [1.82, 2.24) is 10.2 Å². The highest BCUT2D eigenvalue weighted by molar-refractivity contribution is 4.92. The molecule has 2 heteroatoms. The third kappa shape index (κ3) is 2.91. The van der Waals surface area contributed by atoms with Crippen molar-refractivity contribution in [3.05, 3.63) is 0 Å². The quantitative estimate of drug-likeness (QED) is 0.825. The van der Waals surface area contributed by atoms with Crippen molar-refractivity contribution in [3.63, 3.8) is 0 Å². The van der Waals surface area contributed by atoms with Crippen molar-refractivity contribution in [3.8, 4) is 0 Å². The fraction of sp³-hybridized carbons (Fsp3) is 1.00. The zero-order valence-electron chi connectivity index (χ0n) is 12.1. The molecule has 1 heterocycles. The van der Waals surface area contributed by atoms with Gasteiger partial charge in [-0.15, -0.1) is 0 Å². The second-order valence-corrected chi connectivity index (χ2v) is 7.09. The molecule has 0 aromatic rings. The Labute approximate surface area is 113 Å². The number of piperidine rings is 1. The lowest BCUT2D eigenvalue weighted by atomic mass is 9.68. The summed E-state index contributed by atoms with van der Waals surface area (Å²) in [5.74, 6) is 0.987. The Morgan fingerprint density at radius 1 is 1.06 bits per heavy atom. The number of nitrogens with zero attached hydrogens (tertiary/aromatic N) is 1. The third-order valence-corrected chi connectivity index (χ3v) is 5.85. The number of nitrogens with one attached hydrogen (secondary N) is 1. The second kappa shape index (κ2) is 5.50. The van der Waals surface area contributed by atoms with E-state index >= 15 is 0 Å². The summed E-state index contributed by atoms with van der Waals surface area (Å²) < 4.78 is 0. The van der Waals surface area contributed by atoms with Gasteiger partial charge in [-0.25, -0.2) is 0 Å². The monoisotopic (exact) mass is 250 g/mol. The molecule has 0 aromatic heterocycles. The van der Waals surface area contributed by atoms with Gasteiger partial charge < -0.3 is 10.2 Å². The van der Waals surface area contributed by atoms with Crippen molar-refractivity contribution in [2.24, 2.45) is 11.3 Å². The maximum Gasteiger partial charge on any atom is 0.0220 e. The first-order chi connectivity index (χ1) is 8.81. The van der Waals surface area contributed by atoms with Crippen LogP contribution in [0.25, 0.3) is 0 Å². The molecule has 1 N–H and O–H groups in total. The van der Waals surface area contributed by atoms with Crippen LogP contribution >= 0.6 is 0 Å². The topological polar surface area (TPSA) is 15.3 Å². The average Bonchev–Trinajstić information content (AvgIpc) is 3.24. The van der Waals surface area contributed by atoms with Gasteiger partial charge in [-0.3, -0.25) is 0 Å². The second-order valence-electron chi connectivity index (χ2n) is 7.09. The highest BCUT2D eigenvalue weighted by Crippen LogP contribution is 2.44. The van der Waals surface area contributed by atoms with Gasteiger partial charge in [0, 0.05) is 12.6 Å². The van der Waals surface area contributed by atoms with E-state index in [1.54, 1.807) is 0 Å². The predicted octanol–water partition coefficient (Wildman–Crippen LogP) is 3.03. The molecule has 1 unspecified atom stereocenters. The van der Waals surface area contributed by atoms with Crippen molar-refractivity contribution in [1.29, 1.82) is 0 Å². The van der Waals surface area contributed by atoms with Gasteiger partial charge in [0.15, 0.2) is 0 Å². The van der Waals surface area contributed by atoms with E-state index in [4.69, 9.17) is 0 Å². The van der Waals surface area contributed by atoms with Crippen molar-refractivity contribution in [2.75, 3.05) is 26.7 Å². The Morgan fingerprint density at radius 3 is 2.28 bits per heavy atom. The molecule has 2 saturated carbocycles. The van der Waals surface area contributed by atoms with E-state index in [0.29, 0.717) is 0 Å². The molecule has 3 fully saturated rings. The van der Waals surface area contributed by atoms with E-state index in [2.05, 4.69) is 17.3 Å². The van der Waals surface area contributed by atoms with Gasteiger partial charge >= 0.3 is 0 Å². The molecule has 1 saturated heterocycles. The summed E-state index contributed by atoms with van der Waals surface area (Å²) in [6, 6.07) is 0.769. The average molecular weight is 250 g/mol. The number of likely N-dealkylation sites (tertiary alicyclic amines) is 1. The molecule has 2 nitrogen and oxygen atoms in total. The van der Waals surface area contributed by atoms with E-state index in [-0.39, 0.29) is 0 Å². The molecule has 0 aromatic carbocycles. The molecule has 18 heavy (non-hydrogen) atoms. The van der Waals surface area contributed by atoms with Gasteiger partial charge in [-0.05, 0) is 70.0 Å². The minimum atomic E-state index is 0.767. The molecule has 0 bridgehead atoms. The van der Waals surface area contributed by atoms with Crippen LogP contribution in [0.1, 0.15) is 57.8 Å². The Kier molecular flexibility index (Phi) is 3.95. The first-order valence-electron chi connectivity index (χ1n) is 8.21. The predicted molar refractivity (Wildman–Crippen MR) is 76.8 cm³/mol. The summed E-state index contributed by atoms with van der Waals surface area (Å²) >= 11 is 0. The number of likely N-dealkylation sites (N-methyl/N-ethyl adjacent to an activating group) is 1. The fourth-order valence-corrected chi connectivity index (χ4v) is 4.26. The van der Waals surface area contributed by atoms with Crippen molar-refractivity contribution in [2.45, 2.75) is 63.8 Å². The fourth-order valence-electron chi connectivity index (χ4n) is 4.26. The minimum absolute atomic E-state index is 0.767. The Bertz CT molecular complexity index is 256. The molecule has 3 aliphatic rings. The smallest absolute Gasteiger partial charge is 0.0220 e. The highest BCUT2D eigenvalue weighted by atomic mass is 15.2. The first kappa shape index (κ1) is 12.9. The molecule has 104 valence electrons. The van der Waals surface area contributed by atoms with E-state index in [1.807, 2.05) is 0 Å². The van der Waals surface area contributed by atoms with Crippen LogP contribution in [0, 0.1) is 11.3 Å². The van der Waals surface area contributed by atoms with E-state index in [9.17, 15) is 0 Å². The zero-order valence-corrected chi connectivity index (χ0v) is 12.1. The summed E-state index contributed by atoms with van der Waals surface area (Å²) in [6.45, 7) is 4.03. The largest absolute Gasteiger partial charge is 0.315 e. The molecule has 0 amide bonds. The lowest BCUT2D eigenvalue weighted by Gasteiger charge is -2.45. The summed E-state index contributed by atoms with van der Waals surface area (Å²) in [7, 11) is 2.15. The van der Waals surface area contributed by atoms with Gasteiger partial charge in [-0.1, -0.05) is 19.3 Å². The number of hydrogen-bond acceptors (Lipinski definition) is 2. The van der Waals surface area contributed by atoms with Crippen LogP contribution in [0.3, 0.4) is 0 Å². The third-order valence-electron chi connectivity index (χ3n) is 5.85. The van der Waals surface area contributed by atoms with E-state index in [1.165, 1.54) is 77.4 Å². The zero-order chi connectivity index (χ0) is 12.4. The van der Waals surface area contributed by atoms with Gasteiger partial charge in [0.2, 0.25) is 0 Å². The van der Waals surface area contributed by atoms with Crippen molar-refractivity contribution < 1.29 is 0 Å². The Balaban J connectivity index is 1.47. The highest BCUT2D eigenvalue weighted by Gasteiger charge is 2.37. The van der Waals surface area contributed by atoms with E-state index < -0.39 is 0 Å². The summed E-state index contributed by atoms with van der Waals surface area (Å²) in [5.41, 5.74) is 0.767. The number of rotatable bonds is 4. The molecular formula is C16H30N2. The Hall–Kier alpha value is -0.0800. The van der Waals surface area contributed by atoms with Crippen LogP contribution in [0.5, 0.6) is 0 Å². The lowest BCUT2D eigenvalue weighted by Crippen LogP contribution is -2.47. The SMILES string of the molecule is CNC(CN1CCC2(CCCCC2)CC1)C1CC1. The molecule has 1 atom stereocenters. The summed E-state index contributed by atoms with van der Waals surface area (Å²) in [5, 5.41) is 3.54. The maximum absolute atomic E-state index is 3.54. The maximum atomic E-state index is 3.54. The van der Waals surface area contributed by atoms with Crippen LogP contribution in [0.15, 0.2) is 0 Å². The van der Waals surface area contributed by atoms with Crippen LogP contribution < -0.4 is 5.32 Å². The molecule has 2 aliphatic carbocycles. The first-order valence-corrected chi connectivity index (χ1v) is 8.21. The molecule has 1 aliphatic heterocycles. The normalized spacial score (nSPS) is 30.5. The van der Waals surface area contributed by atoms with Crippen LogP contribution in [0.4, 0.5) is 0 Å². The van der Waals surface area contributed by atoms with Crippen LogP contribution in [-0.4, -0.2) is 37.6 Å². The standard InChI is InChI=1S/C16H30N2/c1-17-15(14-5-6-14)13-18-11-9-16(10-12-18)7-3-2-4-8-16/h14-15,17H,2-13H2,1H3. The van der Waals surface area contributed by atoms with E-state index in [0.717, 1.165) is 17.4 Å². The van der Waals surface area contributed by atoms with Crippen LogP contribution in [0.2, 0.25) is 0 Å². The van der Waals surface area contributed by atoms with Crippen molar-refractivity contribution >= 4 is 0 Å². The molecule has 3 rings (SSSR count). The van der Waals surface area contributed by atoms with Gasteiger partial charge in [0.05, 0.1) is 0 Å². The van der Waals surface area contributed by atoms with Gasteiger partial charge in [-0.2, -0.15) is 0 Å². The lowest BCUT2D eigenvalue weighted by molar-refractivity contribution is 0.0620. The minimum Gasteiger partial charge on any atom is -0.315 e. The van der Waals surface area contributed by atoms with Crippen LogP contribution in [-0.2, 0) is 0 Å². The summed E-state index contributed by atoms with van der Waals surface area (Å²) in [6.07, 6.45) is 13.4. The molecule has 1 spiro atoms. The molecule has 0 radical (unpaired) electrons. The van der Waals surface area contributed by atoms with Gasteiger partial charge in [0.1, 0.15) is 0 Å². The summed E-state index contributed by atoms with van der Waals surface area (Å²) in [4.78, 5) is 2.74. The molecular weight excluding hydrogens is 220 g/mol. The Morgan fingerprint density at radius 2 is 1.72 bits per heavy atom.